The summed E-state index contributed by atoms with van der Waals surface area (Å²) < 4.78 is 27.2. The van der Waals surface area contributed by atoms with Crippen molar-refractivity contribution in [3.05, 3.63) is 35.8 Å². The molecule has 2 aromatic rings. The molecule has 2 heterocycles. The zero-order valence-electron chi connectivity index (χ0n) is 12.0. The first-order valence-corrected chi connectivity index (χ1v) is 8.19. The predicted molar refractivity (Wildman–Crippen MR) is 80.4 cm³/mol. The number of aryl methyl sites for hydroxylation is 1. The number of aromatic amines is 1. The minimum Gasteiger partial charge on any atom is -0.313 e. The number of aromatic nitrogens is 3. The van der Waals surface area contributed by atoms with E-state index >= 15 is 0 Å². The lowest BCUT2D eigenvalue weighted by Crippen LogP contribution is -2.19. The fourth-order valence-corrected chi connectivity index (χ4v) is 2.97. The topological polar surface area (TPSA) is 99.8 Å². The highest BCUT2D eigenvalue weighted by molar-refractivity contribution is 7.92. The summed E-state index contributed by atoms with van der Waals surface area (Å²) in [4.78, 5) is 4.06. The van der Waals surface area contributed by atoms with Crippen LogP contribution < -0.4 is 10.0 Å². The van der Waals surface area contributed by atoms with Crippen molar-refractivity contribution in [2.24, 2.45) is 0 Å². The molecule has 0 aliphatic heterocycles. The molecule has 21 heavy (non-hydrogen) atoms. The predicted octanol–water partition coefficient (Wildman–Crippen LogP) is 1.41. The third-order valence-electron chi connectivity index (χ3n) is 2.85. The lowest BCUT2D eigenvalue weighted by Gasteiger charge is -2.08. The second-order valence-corrected chi connectivity index (χ2v) is 6.31. The molecule has 2 rings (SSSR count). The van der Waals surface area contributed by atoms with Crippen LogP contribution in [0.25, 0.3) is 0 Å². The van der Waals surface area contributed by atoms with Crippen LogP contribution in [0.15, 0.2) is 29.6 Å². The largest absolute Gasteiger partial charge is 0.313 e. The van der Waals surface area contributed by atoms with Crippen LogP contribution in [0.5, 0.6) is 0 Å². The Kier molecular flexibility index (Phi) is 4.92. The van der Waals surface area contributed by atoms with Crippen LogP contribution in [0.2, 0.25) is 0 Å². The van der Waals surface area contributed by atoms with E-state index in [1.807, 2.05) is 13.8 Å². The molecule has 2 aromatic heterocycles. The molecule has 0 saturated carbocycles. The highest BCUT2D eigenvalue weighted by Crippen LogP contribution is 2.17. The number of nitrogens with zero attached hydrogens (tertiary/aromatic N) is 2. The van der Waals surface area contributed by atoms with E-state index in [0.29, 0.717) is 17.8 Å². The van der Waals surface area contributed by atoms with E-state index in [1.54, 1.807) is 12.1 Å². The van der Waals surface area contributed by atoms with Gasteiger partial charge in [-0.2, -0.15) is 13.5 Å². The zero-order valence-corrected chi connectivity index (χ0v) is 12.9. The van der Waals surface area contributed by atoms with Crippen molar-refractivity contribution in [1.29, 1.82) is 0 Å². The summed E-state index contributed by atoms with van der Waals surface area (Å²) in [7, 11) is -3.70. The molecule has 0 aromatic carbocycles. The summed E-state index contributed by atoms with van der Waals surface area (Å²) in [5, 5.41) is 9.60. The van der Waals surface area contributed by atoms with Crippen molar-refractivity contribution in [3.63, 3.8) is 0 Å². The minimum atomic E-state index is -3.70. The maximum absolute atomic E-state index is 12.4. The molecule has 3 N–H and O–H groups in total. The van der Waals surface area contributed by atoms with Gasteiger partial charge in [0.05, 0.1) is 18.1 Å². The quantitative estimate of drug-likeness (QED) is 0.672. The third kappa shape index (κ3) is 4.02. The van der Waals surface area contributed by atoms with Crippen molar-refractivity contribution in [2.75, 3.05) is 11.3 Å². The molecular formula is C13H19N5O2S. The molecule has 0 aliphatic rings. The Morgan fingerprint density at radius 3 is 2.76 bits per heavy atom. The number of hydrogen-bond acceptors (Lipinski definition) is 5. The van der Waals surface area contributed by atoms with Gasteiger partial charge < -0.3 is 5.32 Å². The van der Waals surface area contributed by atoms with Crippen molar-refractivity contribution < 1.29 is 8.42 Å². The van der Waals surface area contributed by atoms with Crippen LogP contribution in [-0.4, -0.2) is 30.1 Å². The van der Waals surface area contributed by atoms with Crippen molar-refractivity contribution >= 4 is 15.7 Å². The Labute approximate surface area is 124 Å². The van der Waals surface area contributed by atoms with Crippen LogP contribution in [-0.2, 0) is 16.6 Å². The van der Waals surface area contributed by atoms with Gasteiger partial charge in [-0.15, -0.1) is 0 Å². The Hall–Kier alpha value is -1.93. The van der Waals surface area contributed by atoms with Crippen LogP contribution in [0.3, 0.4) is 0 Å². The molecule has 0 fully saturated rings. The van der Waals surface area contributed by atoms with Gasteiger partial charge in [0.15, 0.2) is 5.03 Å². The van der Waals surface area contributed by atoms with Gasteiger partial charge in [-0.1, -0.05) is 6.92 Å². The summed E-state index contributed by atoms with van der Waals surface area (Å²) in [5.41, 5.74) is 1.85. The summed E-state index contributed by atoms with van der Waals surface area (Å²) >= 11 is 0. The molecule has 0 saturated heterocycles. The van der Waals surface area contributed by atoms with E-state index < -0.39 is 10.0 Å². The fraction of sp³-hybridized carbons (Fsp3) is 0.385. The number of hydrogen-bond donors (Lipinski definition) is 3. The molecule has 0 radical (unpaired) electrons. The highest BCUT2D eigenvalue weighted by Gasteiger charge is 2.20. The maximum Gasteiger partial charge on any atom is 0.279 e. The van der Waals surface area contributed by atoms with Gasteiger partial charge in [0.1, 0.15) is 0 Å². The Morgan fingerprint density at radius 2 is 2.10 bits per heavy atom. The number of rotatable bonds is 7. The smallest absolute Gasteiger partial charge is 0.279 e. The Morgan fingerprint density at radius 1 is 1.29 bits per heavy atom. The van der Waals surface area contributed by atoms with Gasteiger partial charge >= 0.3 is 0 Å². The van der Waals surface area contributed by atoms with Gasteiger partial charge in [0.2, 0.25) is 0 Å². The first-order chi connectivity index (χ1) is 10.0. The molecule has 0 spiro atoms. The van der Waals surface area contributed by atoms with Crippen molar-refractivity contribution in [3.8, 4) is 0 Å². The number of pyridine rings is 1. The molecule has 114 valence electrons. The molecule has 7 nitrogen and oxygen atoms in total. The Bertz CT molecular complexity index is 679. The van der Waals surface area contributed by atoms with Crippen LogP contribution in [0.4, 0.5) is 5.69 Å². The van der Waals surface area contributed by atoms with E-state index in [1.165, 1.54) is 12.4 Å². The average Bonchev–Trinajstić information content (AvgIpc) is 2.91. The molecule has 0 amide bonds. The normalized spacial score (nSPS) is 11.5. The van der Waals surface area contributed by atoms with Gasteiger partial charge in [-0.3, -0.25) is 14.8 Å². The SMILES string of the molecule is CCCNCc1cn[nH]c1S(=O)(=O)Nc1ccc(C)nc1. The molecule has 0 unspecified atom stereocenters. The monoisotopic (exact) mass is 309 g/mol. The summed E-state index contributed by atoms with van der Waals surface area (Å²) in [6, 6.07) is 3.42. The molecule has 0 aliphatic carbocycles. The summed E-state index contributed by atoms with van der Waals surface area (Å²) in [5.74, 6) is 0. The number of H-pyrrole nitrogens is 1. The van der Waals surface area contributed by atoms with E-state index in [2.05, 4.69) is 25.2 Å². The standard InChI is InChI=1S/C13H19N5O2S/c1-3-6-14-7-11-8-16-17-13(11)21(19,20)18-12-5-4-10(2)15-9-12/h4-5,8-9,14,18H,3,6-7H2,1-2H3,(H,16,17). The average molecular weight is 309 g/mol. The van der Waals surface area contributed by atoms with Gasteiger partial charge in [0.25, 0.3) is 10.0 Å². The number of anilines is 1. The summed E-state index contributed by atoms with van der Waals surface area (Å²) in [6.07, 6.45) is 3.98. The minimum absolute atomic E-state index is 0.0756. The second kappa shape index (κ2) is 6.68. The lowest BCUT2D eigenvalue weighted by molar-refractivity contribution is 0.593. The first-order valence-electron chi connectivity index (χ1n) is 6.71. The maximum atomic E-state index is 12.4. The molecule has 0 atom stereocenters. The molecular weight excluding hydrogens is 290 g/mol. The van der Waals surface area contributed by atoms with Gasteiger partial charge in [0, 0.05) is 17.8 Å². The first kappa shape index (κ1) is 15.5. The molecule has 0 bridgehead atoms. The zero-order chi connectivity index (χ0) is 15.3. The van der Waals surface area contributed by atoms with Crippen molar-refractivity contribution in [1.82, 2.24) is 20.5 Å². The lowest BCUT2D eigenvalue weighted by atomic mass is 10.3. The van der Waals surface area contributed by atoms with E-state index in [-0.39, 0.29) is 5.03 Å². The summed E-state index contributed by atoms with van der Waals surface area (Å²) in [6.45, 7) is 5.16. The third-order valence-corrected chi connectivity index (χ3v) is 4.25. The number of sulfonamides is 1. The van der Waals surface area contributed by atoms with Crippen molar-refractivity contribution in [2.45, 2.75) is 31.8 Å². The van der Waals surface area contributed by atoms with E-state index in [9.17, 15) is 8.42 Å². The van der Waals surface area contributed by atoms with Crippen LogP contribution in [0, 0.1) is 6.92 Å². The van der Waals surface area contributed by atoms with E-state index in [0.717, 1.165) is 18.7 Å². The van der Waals surface area contributed by atoms with Crippen LogP contribution >= 0.6 is 0 Å². The molecule has 8 heteroatoms. The second-order valence-electron chi connectivity index (χ2n) is 4.69. The van der Waals surface area contributed by atoms with Gasteiger partial charge in [-0.05, 0) is 32.0 Å². The van der Waals surface area contributed by atoms with E-state index in [4.69, 9.17) is 0 Å². The number of nitrogens with one attached hydrogen (secondary N) is 3. The Balaban J connectivity index is 2.16. The highest BCUT2D eigenvalue weighted by atomic mass is 32.2. The van der Waals surface area contributed by atoms with Crippen LogP contribution in [0.1, 0.15) is 24.6 Å². The van der Waals surface area contributed by atoms with Gasteiger partial charge in [-0.25, -0.2) is 0 Å². The fourth-order valence-electron chi connectivity index (χ4n) is 1.79.